The zero-order chi connectivity index (χ0) is 9.84. The number of hydrogen-bond acceptors (Lipinski definition) is 4. The van der Waals surface area contributed by atoms with Gasteiger partial charge in [0.25, 0.3) is 5.69 Å². The van der Waals surface area contributed by atoms with Gasteiger partial charge in [-0.3, -0.25) is 10.1 Å². The van der Waals surface area contributed by atoms with Crippen LogP contribution in [0.5, 0.6) is 0 Å². The summed E-state index contributed by atoms with van der Waals surface area (Å²) in [5.41, 5.74) is 0.548. The third kappa shape index (κ3) is 2.43. The Morgan fingerprint density at radius 3 is 2.77 bits per heavy atom. The SMILES string of the molecule is O=[N+]([O-])c1ccc(S)cc1CCO. The Bertz CT molecular complexity index is 327. The first-order valence-electron chi connectivity index (χ1n) is 3.72. The maximum absolute atomic E-state index is 10.5. The molecule has 0 aliphatic rings. The van der Waals surface area contributed by atoms with Crippen LogP contribution in [0.2, 0.25) is 0 Å². The summed E-state index contributed by atoms with van der Waals surface area (Å²) >= 11 is 4.06. The Hall–Kier alpha value is -1.07. The maximum Gasteiger partial charge on any atom is 0.272 e. The highest BCUT2D eigenvalue weighted by Crippen LogP contribution is 2.21. The van der Waals surface area contributed by atoms with Crippen LogP contribution in [0, 0.1) is 10.1 Å². The van der Waals surface area contributed by atoms with Gasteiger partial charge in [0.05, 0.1) is 4.92 Å². The van der Waals surface area contributed by atoms with Crippen molar-refractivity contribution in [1.82, 2.24) is 0 Å². The summed E-state index contributed by atoms with van der Waals surface area (Å²) in [5.74, 6) is 0. The zero-order valence-electron chi connectivity index (χ0n) is 6.80. The number of aliphatic hydroxyl groups excluding tert-OH is 1. The van der Waals surface area contributed by atoms with Gasteiger partial charge in [-0.25, -0.2) is 0 Å². The second-order valence-corrected chi connectivity index (χ2v) is 3.06. The normalized spacial score (nSPS) is 10.0. The molecule has 0 aliphatic carbocycles. The number of rotatable bonds is 3. The maximum atomic E-state index is 10.5. The van der Waals surface area contributed by atoms with Gasteiger partial charge in [-0.15, -0.1) is 12.6 Å². The third-order valence-electron chi connectivity index (χ3n) is 1.64. The smallest absolute Gasteiger partial charge is 0.272 e. The molecule has 0 amide bonds. The van der Waals surface area contributed by atoms with Crippen molar-refractivity contribution < 1.29 is 10.0 Å². The van der Waals surface area contributed by atoms with Crippen LogP contribution in [0.25, 0.3) is 0 Å². The minimum atomic E-state index is -0.460. The molecule has 0 heterocycles. The highest BCUT2D eigenvalue weighted by atomic mass is 32.1. The largest absolute Gasteiger partial charge is 0.396 e. The molecule has 70 valence electrons. The fraction of sp³-hybridized carbons (Fsp3) is 0.250. The number of aliphatic hydroxyl groups is 1. The van der Waals surface area contributed by atoms with Crippen LogP contribution >= 0.6 is 12.6 Å². The van der Waals surface area contributed by atoms with E-state index in [1.165, 1.54) is 6.07 Å². The van der Waals surface area contributed by atoms with Crippen molar-refractivity contribution in [1.29, 1.82) is 0 Å². The first-order chi connectivity index (χ1) is 6.15. The molecule has 13 heavy (non-hydrogen) atoms. The Morgan fingerprint density at radius 1 is 1.54 bits per heavy atom. The van der Waals surface area contributed by atoms with Crippen LogP contribution in [-0.2, 0) is 6.42 Å². The van der Waals surface area contributed by atoms with Gasteiger partial charge in [-0.05, 0) is 12.1 Å². The highest BCUT2D eigenvalue weighted by Gasteiger charge is 2.12. The molecule has 4 nitrogen and oxygen atoms in total. The summed E-state index contributed by atoms with van der Waals surface area (Å²) in [4.78, 5) is 10.7. The van der Waals surface area contributed by atoms with Crippen molar-refractivity contribution in [3.63, 3.8) is 0 Å². The van der Waals surface area contributed by atoms with E-state index in [1.807, 2.05) is 0 Å². The predicted molar refractivity (Wildman–Crippen MR) is 51.1 cm³/mol. The van der Waals surface area contributed by atoms with Crippen LogP contribution in [0.1, 0.15) is 5.56 Å². The fourth-order valence-electron chi connectivity index (χ4n) is 1.07. The van der Waals surface area contributed by atoms with Crippen LogP contribution in [0.15, 0.2) is 23.1 Å². The topological polar surface area (TPSA) is 63.4 Å². The second-order valence-electron chi connectivity index (χ2n) is 2.54. The molecule has 0 atom stereocenters. The van der Waals surface area contributed by atoms with Crippen molar-refractivity contribution in [3.8, 4) is 0 Å². The molecule has 1 aromatic rings. The van der Waals surface area contributed by atoms with Crippen LogP contribution < -0.4 is 0 Å². The predicted octanol–water partition coefficient (Wildman–Crippen LogP) is 1.42. The number of hydrogen-bond donors (Lipinski definition) is 2. The van der Waals surface area contributed by atoms with Crippen LogP contribution in [-0.4, -0.2) is 16.6 Å². The van der Waals surface area contributed by atoms with Gasteiger partial charge in [-0.2, -0.15) is 0 Å². The lowest BCUT2D eigenvalue weighted by Crippen LogP contribution is -1.98. The molecular weight excluding hydrogens is 190 g/mol. The van der Waals surface area contributed by atoms with Crippen LogP contribution in [0.4, 0.5) is 5.69 Å². The van der Waals surface area contributed by atoms with Crippen molar-refractivity contribution in [2.75, 3.05) is 6.61 Å². The van der Waals surface area contributed by atoms with E-state index in [-0.39, 0.29) is 18.7 Å². The Morgan fingerprint density at radius 2 is 2.23 bits per heavy atom. The number of nitro benzene ring substituents is 1. The first-order valence-corrected chi connectivity index (χ1v) is 4.17. The summed E-state index contributed by atoms with van der Waals surface area (Å²) in [5, 5.41) is 19.2. The van der Waals surface area contributed by atoms with Crippen molar-refractivity contribution >= 4 is 18.3 Å². The molecule has 1 N–H and O–H groups in total. The number of benzene rings is 1. The highest BCUT2D eigenvalue weighted by molar-refractivity contribution is 7.80. The lowest BCUT2D eigenvalue weighted by atomic mass is 10.1. The van der Waals surface area contributed by atoms with E-state index >= 15 is 0 Å². The van der Waals surface area contributed by atoms with E-state index in [2.05, 4.69) is 12.6 Å². The Kier molecular flexibility index (Phi) is 3.27. The summed E-state index contributed by atoms with van der Waals surface area (Å²) in [6.07, 6.45) is 0.282. The Labute approximate surface area is 80.8 Å². The molecule has 1 aromatic carbocycles. The summed E-state index contributed by atoms with van der Waals surface area (Å²) in [7, 11) is 0. The molecule has 0 aromatic heterocycles. The minimum absolute atomic E-state index is 0.0341. The van der Waals surface area contributed by atoms with E-state index in [1.54, 1.807) is 12.1 Å². The fourth-order valence-corrected chi connectivity index (χ4v) is 1.30. The molecule has 1 rings (SSSR count). The summed E-state index contributed by atoms with van der Waals surface area (Å²) in [6, 6.07) is 4.55. The second kappa shape index (κ2) is 4.25. The zero-order valence-corrected chi connectivity index (χ0v) is 7.70. The van der Waals surface area contributed by atoms with Crippen molar-refractivity contribution in [2.24, 2.45) is 0 Å². The summed E-state index contributed by atoms with van der Waals surface area (Å²) < 4.78 is 0. The van der Waals surface area contributed by atoms with Gasteiger partial charge in [0.1, 0.15) is 0 Å². The van der Waals surface area contributed by atoms with E-state index in [0.29, 0.717) is 10.5 Å². The first kappa shape index (κ1) is 10.0. The quantitative estimate of drug-likeness (QED) is 0.439. The standard InChI is InChI=1S/C8H9NO3S/c10-4-3-6-5-7(13)1-2-8(6)9(11)12/h1-2,5,10,13H,3-4H2. The van der Waals surface area contributed by atoms with Crippen molar-refractivity contribution in [3.05, 3.63) is 33.9 Å². The van der Waals surface area contributed by atoms with Crippen LogP contribution in [0.3, 0.4) is 0 Å². The van der Waals surface area contributed by atoms with Gasteiger partial charge in [-0.1, -0.05) is 0 Å². The molecule has 0 saturated carbocycles. The average Bonchev–Trinajstić information content (AvgIpc) is 2.04. The molecular formula is C8H9NO3S. The van der Waals surface area contributed by atoms with Gasteiger partial charge in [0, 0.05) is 29.6 Å². The monoisotopic (exact) mass is 199 g/mol. The third-order valence-corrected chi connectivity index (χ3v) is 1.92. The van der Waals surface area contributed by atoms with Gasteiger partial charge in [0.15, 0.2) is 0 Å². The van der Waals surface area contributed by atoms with E-state index in [9.17, 15) is 10.1 Å². The Balaban J connectivity index is 3.10. The number of nitro groups is 1. The molecule has 0 spiro atoms. The van der Waals surface area contributed by atoms with E-state index in [0.717, 1.165) is 0 Å². The molecule has 5 heteroatoms. The summed E-state index contributed by atoms with van der Waals surface area (Å²) in [6.45, 7) is -0.0991. The molecule has 0 unspecified atom stereocenters. The van der Waals surface area contributed by atoms with E-state index in [4.69, 9.17) is 5.11 Å². The number of thiol groups is 1. The minimum Gasteiger partial charge on any atom is -0.396 e. The van der Waals surface area contributed by atoms with Gasteiger partial charge in [0.2, 0.25) is 0 Å². The molecule has 0 fully saturated rings. The molecule has 0 saturated heterocycles. The van der Waals surface area contributed by atoms with Crippen molar-refractivity contribution in [2.45, 2.75) is 11.3 Å². The van der Waals surface area contributed by atoms with Gasteiger partial charge >= 0.3 is 0 Å². The lowest BCUT2D eigenvalue weighted by Gasteiger charge is -2.01. The van der Waals surface area contributed by atoms with E-state index < -0.39 is 4.92 Å². The average molecular weight is 199 g/mol. The van der Waals surface area contributed by atoms with Gasteiger partial charge < -0.3 is 5.11 Å². The lowest BCUT2D eigenvalue weighted by molar-refractivity contribution is -0.385. The molecule has 0 bridgehead atoms. The molecule has 0 aliphatic heterocycles. The molecule has 0 radical (unpaired) electrons. The number of nitrogens with zero attached hydrogens (tertiary/aromatic N) is 1.